The van der Waals surface area contributed by atoms with Gasteiger partial charge in [0.25, 0.3) is 0 Å². The smallest absolute Gasteiger partial charge is 0.319 e. The zero-order valence-electron chi connectivity index (χ0n) is 15.1. The first-order valence-electron chi connectivity index (χ1n) is 8.61. The van der Waals surface area contributed by atoms with Crippen LogP contribution in [0, 0.1) is 5.92 Å². The van der Waals surface area contributed by atoms with Gasteiger partial charge in [-0.1, -0.05) is 23.7 Å². The molecule has 1 aromatic rings. The number of carbonyl (C=O) groups excluding carboxylic acids is 2. The number of likely N-dealkylation sites (tertiary alicyclic amines) is 1. The summed E-state index contributed by atoms with van der Waals surface area (Å²) in [5, 5.41) is 9.12. The first-order valence-corrected chi connectivity index (χ1v) is 8.99. The molecule has 1 saturated heterocycles. The lowest BCUT2D eigenvalue weighted by atomic mass is 9.97. The minimum atomic E-state index is -0.263. The number of amides is 4. The third-order valence-corrected chi connectivity index (χ3v) is 4.39. The van der Waals surface area contributed by atoms with E-state index in [0.29, 0.717) is 36.3 Å². The lowest BCUT2D eigenvalue weighted by Gasteiger charge is -2.34. The van der Waals surface area contributed by atoms with Crippen LogP contribution in [0.2, 0.25) is 5.02 Å². The molecule has 138 valence electrons. The molecule has 0 spiro atoms. The van der Waals surface area contributed by atoms with Crippen molar-refractivity contribution in [1.29, 1.82) is 0 Å². The third-order valence-electron chi connectivity index (χ3n) is 4.06. The number of anilines is 1. The van der Waals surface area contributed by atoms with Crippen molar-refractivity contribution in [2.24, 2.45) is 5.92 Å². The van der Waals surface area contributed by atoms with Crippen LogP contribution in [0.3, 0.4) is 0 Å². The number of urea groups is 2. The summed E-state index contributed by atoms with van der Waals surface area (Å²) in [7, 11) is 0. The number of hydrogen-bond donors (Lipinski definition) is 3. The summed E-state index contributed by atoms with van der Waals surface area (Å²) in [6, 6.07) is 6.84. The highest BCUT2D eigenvalue weighted by Gasteiger charge is 2.25. The van der Waals surface area contributed by atoms with Crippen LogP contribution in [0.15, 0.2) is 24.3 Å². The molecule has 1 aliphatic heterocycles. The molecule has 7 heteroatoms. The Morgan fingerprint density at radius 2 is 1.84 bits per heavy atom. The molecule has 0 saturated carbocycles. The number of para-hydroxylation sites is 1. The molecular weight excluding hydrogens is 340 g/mol. The maximum absolute atomic E-state index is 12.1. The normalized spacial score (nSPS) is 15.6. The summed E-state index contributed by atoms with van der Waals surface area (Å²) in [6.07, 6.45) is 1.76. The third kappa shape index (κ3) is 6.46. The molecule has 0 bridgehead atoms. The number of nitrogens with one attached hydrogen (secondary N) is 3. The first-order chi connectivity index (χ1) is 11.7. The first kappa shape index (κ1) is 19.4. The lowest BCUT2D eigenvalue weighted by molar-refractivity contribution is 0.162. The van der Waals surface area contributed by atoms with E-state index in [1.54, 1.807) is 12.1 Å². The second-order valence-corrected chi connectivity index (χ2v) is 7.83. The number of rotatable bonds is 3. The zero-order valence-corrected chi connectivity index (χ0v) is 15.8. The van der Waals surface area contributed by atoms with Gasteiger partial charge in [0.1, 0.15) is 0 Å². The van der Waals surface area contributed by atoms with Gasteiger partial charge in [-0.15, -0.1) is 0 Å². The Bertz CT molecular complexity index is 607. The number of carbonyl (C=O) groups is 2. The van der Waals surface area contributed by atoms with Crippen molar-refractivity contribution in [3.05, 3.63) is 29.3 Å². The fourth-order valence-corrected chi connectivity index (χ4v) is 2.89. The predicted octanol–water partition coefficient (Wildman–Crippen LogP) is 3.68. The number of halogens is 1. The van der Waals surface area contributed by atoms with E-state index in [4.69, 9.17) is 11.6 Å². The molecular formula is C18H27ClN4O2. The molecule has 1 fully saturated rings. The van der Waals surface area contributed by atoms with Gasteiger partial charge in [0.05, 0.1) is 10.7 Å². The van der Waals surface area contributed by atoms with E-state index >= 15 is 0 Å². The van der Waals surface area contributed by atoms with E-state index in [-0.39, 0.29) is 17.6 Å². The SMILES string of the molecule is CC(C)(C)NC(=O)N1CCC(CNC(=O)Nc2ccccc2Cl)CC1. The molecule has 25 heavy (non-hydrogen) atoms. The molecule has 1 aromatic carbocycles. The van der Waals surface area contributed by atoms with Gasteiger partial charge in [-0.3, -0.25) is 0 Å². The molecule has 0 unspecified atom stereocenters. The number of piperidine rings is 1. The van der Waals surface area contributed by atoms with Gasteiger partial charge in [0, 0.05) is 25.2 Å². The topological polar surface area (TPSA) is 73.5 Å². The lowest BCUT2D eigenvalue weighted by Crippen LogP contribution is -2.51. The zero-order chi connectivity index (χ0) is 18.4. The van der Waals surface area contributed by atoms with Gasteiger partial charge in [0.2, 0.25) is 0 Å². The maximum atomic E-state index is 12.1. The highest BCUT2D eigenvalue weighted by Crippen LogP contribution is 2.20. The maximum Gasteiger partial charge on any atom is 0.319 e. The van der Waals surface area contributed by atoms with E-state index in [2.05, 4.69) is 16.0 Å². The molecule has 6 nitrogen and oxygen atoms in total. The molecule has 0 radical (unpaired) electrons. The van der Waals surface area contributed by atoms with Crippen molar-refractivity contribution in [1.82, 2.24) is 15.5 Å². The number of nitrogens with zero attached hydrogens (tertiary/aromatic N) is 1. The minimum Gasteiger partial charge on any atom is -0.338 e. The highest BCUT2D eigenvalue weighted by atomic mass is 35.5. The molecule has 0 atom stereocenters. The quantitative estimate of drug-likeness (QED) is 0.763. The molecule has 0 aliphatic carbocycles. The van der Waals surface area contributed by atoms with Crippen molar-refractivity contribution >= 4 is 29.4 Å². The predicted molar refractivity (Wildman–Crippen MR) is 101 cm³/mol. The summed E-state index contributed by atoms with van der Waals surface area (Å²) < 4.78 is 0. The summed E-state index contributed by atoms with van der Waals surface area (Å²) in [4.78, 5) is 26.0. The minimum absolute atomic E-state index is 0.0182. The van der Waals surface area contributed by atoms with E-state index in [1.807, 2.05) is 37.8 Å². The summed E-state index contributed by atoms with van der Waals surface area (Å²) in [5.41, 5.74) is 0.363. The molecule has 3 N–H and O–H groups in total. The van der Waals surface area contributed by atoms with Gasteiger partial charge in [-0.05, 0) is 51.7 Å². The average molecular weight is 367 g/mol. The Morgan fingerprint density at radius 1 is 1.20 bits per heavy atom. The largest absolute Gasteiger partial charge is 0.338 e. The Hall–Kier alpha value is -1.95. The molecule has 0 aromatic heterocycles. The Balaban J connectivity index is 1.71. The van der Waals surface area contributed by atoms with E-state index < -0.39 is 0 Å². The summed E-state index contributed by atoms with van der Waals surface area (Å²) in [6.45, 7) is 7.92. The van der Waals surface area contributed by atoms with Gasteiger partial charge in [-0.25, -0.2) is 9.59 Å². The molecule has 2 rings (SSSR count). The second kappa shape index (κ2) is 8.43. The Morgan fingerprint density at radius 3 is 2.44 bits per heavy atom. The van der Waals surface area contributed by atoms with E-state index in [0.717, 1.165) is 12.8 Å². The summed E-state index contributed by atoms with van der Waals surface area (Å²) >= 11 is 6.02. The highest BCUT2D eigenvalue weighted by molar-refractivity contribution is 6.33. The Kier molecular flexibility index (Phi) is 6.53. The van der Waals surface area contributed by atoms with Crippen LogP contribution in [-0.4, -0.2) is 42.1 Å². The number of benzene rings is 1. The van der Waals surface area contributed by atoms with Gasteiger partial charge in [0.15, 0.2) is 0 Å². The molecule has 4 amide bonds. The van der Waals surface area contributed by atoms with Crippen molar-refractivity contribution in [2.45, 2.75) is 39.2 Å². The van der Waals surface area contributed by atoms with Crippen LogP contribution >= 0.6 is 11.6 Å². The van der Waals surface area contributed by atoms with Crippen molar-refractivity contribution in [3.63, 3.8) is 0 Å². The van der Waals surface area contributed by atoms with E-state index in [9.17, 15) is 9.59 Å². The summed E-state index contributed by atoms with van der Waals surface area (Å²) in [5.74, 6) is 0.371. The van der Waals surface area contributed by atoms with Crippen molar-refractivity contribution in [3.8, 4) is 0 Å². The van der Waals surface area contributed by atoms with Crippen LogP contribution in [0.1, 0.15) is 33.6 Å². The van der Waals surface area contributed by atoms with Crippen molar-refractivity contribution in [2.75, 3.05) is 25.0 Å². The Labute approximate surface area is 154 Å². The monoisotopic (exact) mass is 366 g/mol. The van der Waals surface area contributed by atoms with Crippen LogP contribution in [0.5, 0.6) is 0 Å². The molecule has 1 aliphatic rings. The van der Waals surface area contributed by atoms with Gasteiger partial charge < -0.3 is 20.9 Å². The van der Waals surface area contributed by atoms with Crippen molar-refractivity contribution < 1.29 is 9.59 Å². The number of hydrogen-bond acceptors (Lipinski definition) is 2. The van der Waals surface area contributed by atoms with Gasteiger partial charge >= 0.3 is 12.1 Å². The van der Waals surface area contributed by atoms with Crippen LogP contribution < -0.4 is 16.0 Å². The van der Waals surface area contributed by atoms with Crippen LogP contribution in [0.25, 0.3) is 0 Å². The standard InChI is InChI=1S/C18H27ClN4O2/c1-18(2,3)22-17(25)23-10-8-13(9-11-23)12-20-16(24)21-15-7-5-4-6-14(15)19/h4-7,13H,8-12H2,1-3H3,(H,22,25)(H2,20,21,24). The van der Waals surface area contributed by atoms with Crippen LogP contribution in [0.4, 0.5) is 15.3 Å². The van der Waals surface area contributed by atoms with Gasteiger partial charge in [-0.2, -0.15) is 0 Å². The van der Waals surface area contributed by atoms with E-state index in [1.165, 1.54) is 0 Å². The fraction of sp³-hybridized carbons (Fsp3) is 0.556. The fourth-order valence-electron chi connectivity index (χ4n) is 2.71. The average Bonchev–Trinajstić information content (AvgIpc) is 2.54. The van der Waals surface area contributed by atoms with Crippen LogP contribution in [-0.2, 0) is 0 Å². The molecule has 1 heterocycles. The second-order valence-electron chi connectivity index (χ2n) is 7.43.